The summed E-state index contributed by atoms with van der Waals surface area (Å²) in [7, 11) is 0. The molecule has 5 heteroatoms. The number of furan rings is 1. The first-order valence-corrected chi connectivity index (χ1v) is 5.40. The Labute approximate surface area is 103 Å². The van der Waals surface area contributed by atoms with Crippen molar-refractivity contribution in [2.45, 2.75) is 6.54 Å². The van der Waals surface area contributed by atoms with Crippen molar-refractivity contribution in [3.63, 3.8) is 0 Å². The number of amides is 1. The standard InChI is InChI=1S/C12H11ClN2O2/c13-11-4-3-8(6-10(11)12(14)16)15-7-9-2-1-5-17-9/h1-6,15H,7H2,(H2,14,16). The molecule has 88 valence electrons. The SMILES string of the molecule is NC(=O)c1cc(NCc2ccco2)ccc1Cl. The van der Waals surface area contributed by atoms with E-state index in [1.54, 1.807) is 24.5 Å². The molecular formula is C12H11ClN2O2. The Bertz CT molecular complexity index is 523. The topological polar surface area (TPSA) is 68.3 Å². The molecule has 1 aromatic heterocycles. The Morgan fingerprint density at radius 2 is 2.24 bits per heavy atom. The lowest BCUT2D eigenvalue weighted by molar-refractivity contribution is 0.100. The molecular weight excluding hydrogens is 240 g/mol. The number of hydrogen-bond donors (Lipinski definition) is 2. The molecule has 0 aliphatic carbocycles. The highest BCUT2D eigenvalue weighted by molar-refractivity contribution is 6.33. The third-order valence-electron chi connectivity index (χ3n) is 2.28. The molecule has 3 N–H and O–H groups in total. The summed E-state index contributed by atoms with van der Waals surface area (Å²) in [5.74, 6) is 0.261. The summed E-state index contributed by atoms with van der Waals surface area (Å²) in [6.45, 7) is 0.535. The molecule has 0 bridgehead atoms. The number of primary amides is 1. The second kappa shape index (κ2) is 4.93. The van der Waals surface area contributed by atoms with E-state index in [1.807, 2.05) is 12.1 Å². The van der Waals surface area contributed by atoms with Gasteiger partial charge in [-0.3, -0.25) is 4.79 Å². The fourth-order valence-corrected chi connectivity index (χ4v) is 1.64. The van der Waals surface area contributed by atoms with Crippen molar-refractivity contribution in [3.05, 3.63) is 52.9 Å². The Hall–Kier alpha value is -1.94. The molecule has 1 aromatic carbocycles. The van der Waals surface area contributed by atoms with Crippen molar-refractivity contribution in [2.75, 3.05) is 5.32 Å². The highest BCUT2D eigenvalue weighted by Crippen LogP contribution is 2.20. The number of hydrogen-bond acceptors (Lipinski definition) is 3. The summed E-state index contributed by atoms with van der Waals surface area (Å²) in [5.41, 5.74) is 6.27. The fraction of sp³-hybridized carbons (Fsp3) is 0.0833. The molecule has 1 heterocycles. The van der Waals surface area contributed by atoms with E-state index in [1.165, 1.54) is 0 Å². The molecule has 2 aromatic rings. The van der Waals surface area contributed by atoms with Crippen LogP contribution < -0.4 is 11.1 Å². The maximum atomic E-state index is 11.1. The number of carbonyl (C=O) groups excluding carboxylic acids is 1. The minimum absolute atomic E-state index is 0.302. The predicted molar refractivity (Wildman–Crippen MR) is 66.0 cm³/mol. The monoisotopic (exact) mass is 250 g/mol. The number of nitrogens with two attached hydrogens (primary N) is 1. The molecule has 0 aliphatic heterocycles. The molecule has 0 spiro atoms. The van der Waals surface area contributed by atoms with Gasteiger partial charge in [0.15, 0.2) is 0 Å². The number of carbonyl (C=O) groups is 1. The second-order valence-corrected chi connectivity index (χ2v) is 3.90. The molecule has 0 atom stereocenters. The molecule has 0 fully saturated rings. The van der Waals surface area contributed by atoms with Gasteiger partial charge in [0.05, 0.1) is 23.4 Å². The largest absolute Gasteiger partial charge is 0.467 e. The number of nitrogens with one attached hydrogen (secondary N) is 1. The molecule has 0 saturated heterocycles. The van der Waals surface area contributed by atoms with Gasteiger partial charge in [0.25, 0.3) is 0 Å². The van der Waals surface area contributed by atoms with E-state index in [4.69, 9.17) is 21.8 Å². The summed E-state index contributed by atoms with van der Waals surface area (Å²) in [5, 5.41) is 3.46. The van der Waals surface area contributed by atoms with Crippen LogP contribution in [-0.2, 0) is 6.54 Å². The van der Waals surface area contributed by atoms with Crippen LogP contribution in [0.25, 0.3) is 0 Å². The number of benzene rings is 1. The van der Waals surface area contributed by atoms with Gasteiger partial charge in [0.1, 0.15) is 5.76 Å². The molecule has 17 heavy (non-hydrogen) atoms. The van der Waals surface area contributed by atoms with Crippen molar-refractivity contribution in [2.24, 2.45) is 5.73 Å². The molecule has 0 radical (unpaired) electrons. The third kappa shape index (κ3) is 2.79. The lowest BCUT2D eigenvalue weighted by atomic mass is 10.2. The highest BCUT2D eigenvalue weighted by atomic mass is 35.5. The first-order valence-electron chi connectivity index (χ1n) is 5.02. The van der Waals surface area contributed by atoms with Crippen LogP contribution in [-0.4, -0.2) is 5.91 Å². The number of halogens is 1. The molecule has 1 amide bonds. The van der Waals surface area contributed by atoms with E-state index in [0.717, 1.165) is 11.4 Å². The first kappa shape index (κ1) is 11.5. The normalized spacial score (nSPS) is 10.2. The van der Waals surface area contributed by atoms with Crippen LogP contribution in [0.15, 0.2) is 41.0 Å². The van der Waals surface area contributed by atoms with E-state index in [9.17, 15) is 4.79 Å². The van der Waals surface area contributed by atoms with E-state index < -0.39 is 5.91 Å². The molecule has 0 unspecified atom stereocenters. The maximum absolute atomic E-state index is 11.1. The van der Waals surface area contributed by atoms with Crippen molar-refractivity contribution in [1.82, 2.24) is 0 Å². The van der Waals surface area contributed by atoms with Crippen molar-refractivity contribution < 1.29 is 9.21 Å². The lowest BCUT2D eigenvalue weighted by Crippen LogP contribution is -2.12. The summed E-state index contributed by atoms with van der Waals surface area (Å²) in [6.07, 6.45) is 1.60. The smallest absolute Gasteiger partial charge is 0.250 e. The fourth-order valence-electron chi connectivity index (χ4n) is 1.43. The zero-order valence-electron chi connectivity index (χ0n) is 8.94. The zero-order valence-corrected chi connectivity index (χ0v) is 9.70. The van der Waals surface area contributed by atoms with Crippen molar-refractivity contribution >= 4 is 23.2 Å². The van der Waals surface area contributed by atoms with Gasteiger partial charge in [-0.15, -0.1) is 0 Å². The quantitative estimate of drug-likeness (QED) is 0.877. The number of rotatable bonds is 4. The van der Waals surface area contributed by atoms with Crippen LogP contribution in [0.1, 0.15) is 16.1 Å². The van der Waals surface area contributed by atoms with Gasteiger partial charge < -0.3 is 15.5 Å². The van der Waals surface area contributed by atoms with Crippen molar-refractivity contribution in [3.8, 4) is 0 Å². The van der Waals surface area contributed by atoms with Gasteiger partial charge in [-0.25, -0.2) is 0 Å². The van der Waals surface area contributed by atoms with Crippen LogP contribution in [0.5, 0.6) is 0 Å². The van der Waals surface area contributed by atoms with Gasteiger partial charge in [-0.1, -0.05) is 11.6 Å². The van der Waals surface area contributed by atoms with E-state index in [2.05, 4.69) is 5.32 Å². The average Bonchev–Trinajstić information content (AvgIpc) is 2.80. The highest BCUT2D eigenvalue weighted by Gasteiger charge is 2.07. The van der Waals surface area contributed by atoms with E-state index in [-0.39, 0.29) is 0 Å². The van der Waals surface area contributed by atoms with Crippen molar-refractivity contribution in [1.29, 1.82) is 0 Å². The van der Waals surface area contributed by atoms with Crippen LogP contribution in [0.2, 0.25) is 5.02 Å². The predicted octanol–water partition coefficient (Wildman–Crippen LogP) is 2.64. The summed E-state index contributed by atoms with van der Waals surface area (Å²) >= 11 is 5.84. The summed E-state index contributed by atoms with van der Waals surface area (Å²) in [4.78, 5) is 11.1. The van der Waals surface area contributed by atoms with Gasteiger partial charge >= 0.3 is 0 Å². The lowest BCUT2D eigenvalue weighted by Gasteiger charge is -2.07. The third-order valence-corrected chi connectivity index (χ3v) is 2.61. The van der Waals surface area contributed by atoms with E-state index in [0.29, 0.717) is 17.1 Å². The van der Waals surface area contributed by atoms with Gasteiger partial charge in [0, 0.05) is 5.69 Å². The second-order valence-electron chi connectivity index (χ2n) is 3.49. The summed E-state index contributed by atoms with van der Waals surface area (Å²) < 4.78 is 5.18. The molecule has 0 saturated carbocycles. The van der Waals surface area contributed by atoms with Crippen LogP contribution >= 0.6 is 11.6 Å². The molecule has 4 nitrogen and oxygen atoms in total. The zero-order chi connectivity index (χ0) is 12.3. The van der Waals surface area contributed by atoms with Crippen LogP contribution in [0.4, 0.5) is 5.69 Å². The molecule has 2 rings (SSSR count). The minimum atomic E-state index is -0.545. The van der Waals surface area contributed by atoms with E-state index >= 15 is 0 Å². The van der Waals surface area contributed by atoms with Crippen LogP contribution in [0, 0.1) is 0 Å². The van der Waals surface area contributed by atoms with Gasteiger partial charge in [-0.2, -0.15) is 0 Å². The Kier molecular flexibility index (Phi) is 3.35. The first-order chi connectivity index (χ1) is 8.16. The molecule has 0 aliphatic rings. The Morgan fingerprint density at radius 3 is 2.88 bits per heavy atom. The Morgan fingerprint density at radius 1 is 1.41 bits per heavy atom. The summed E-state index contributed by atoms with van der Waals surface area (Å²) in [6, 6.07) is 8.70. The van der Waals surface area contributed by atoms with Gasteiger partial charge in [0.2, 0.25) is 5.91 Å². The average molecular weight is 251 g/mol. The number of anilines is 1. The maximum Gasteiger partial charge on any atom is 0.250 e. The Balaban J connectivity index is 2.11. The van der Waals surface area contributed by atoms with Gasteiger partial charge in [-0.05, 0) is 30.3 Å². The minimum Gasteiger partial charge on any atom is -0.467 e. The van der Waals surface area contributed by atoms with Crippen LogP contribution in [0.3, 0.4) is 0 Å².